The van der Waals surface area contributed by atoms with Gasteiger partial charge in [-0.1, -0.05) is 194 Å². The molecule has 320 valence electrons. The molecule has 0 saturated heterocycles. The lowest BCUT2D eigenvalue weighted by molar-refractivity contribution is -0.228. The molecule has 0 aliphatic carbocycles. The first-order valence-corrected chi connectivity index (χ1v) is 24.1. The summed E-state index contributed by atoms with van der Waals surface area (Å²) >= 11 is 0. The molecule has 0 bridgehead atoms. The molecule has 9 nitrogen and oxygen atoms in total. The van der Waals surface area contributed by atoms with Gasteiger partial charge in [0, 0.05) is 19.3 Å². The van der Waals surface area contributed by atoms with Gasteiger partial charge in [0.2, 0.25) is 0 Å². The topological polar surface area (TPSA) is 128 Å². The van der Waals surface area contributed by atoms with E-state index in [2.05, 4.69) is 13.8 Å². The van der Waals surface area contributed by atoms with Crippen LogP contribution in [0, 0.1) is 0 Å². The summed E-state index contributed by atoms with van der Waals surface area (Å²) in [7, 11) is -4.69. The van der Waals surface area contributed by atoms with Crippen molar-refractivity contribution in [2.24, 2.45) is 0 Å². The lowest BCUT2D eigenvalue weighted by Crippen LogP contribution is -2.30. The number of Topliss-reactive ketones (excluding diaryl/α,β-unsaturated/α-hetero) is 1. The standard InChI is InChI=1S/C44H85O9P/c1-4-6-8-10-12-14-16-18-20-22-24-26-28-30-32-36-43(46)50-39-42(40-52-54(48,49)51-38-34-35-41(3)45)53-44(47)37-33-31-29-27-25-23-21-19-17-15-13-11-9-7-5-2/h42H,4-40H2,1-3H3,(H,48,49)/p-1/t42-/m1/s1. The van der Waals surface area contributed by atoms with Gasteiger partial charge in [-0.2, -0.15) is 0 Å². The number of phosphoric acid groups is 1. The third kappa shape index (κ3) is 40.4. The molecule has 2 atom stereocenters. The molecule has 0 amide bonds. The van der Waals surface area contributed by atoms with Crippen molar-refractivity contribution in [3.8, 4) is 0 Å². The number of unbranched alkanes of at least 4 members (excludes halogenated alkanes) is 28. The normalized spacial score (nSPS) is 13.1. The van der Waals surface area contributed by atoms with Crippen LogP contribution in [0.3, 0.4) is 0 Å². The van der Waals surface area contributed by atoms with Gasteiger partial charge in [0.25, 0.3) is 7.82 Å². The summed E-state index contributed by atoms with van der Waals surface area (Å²) in [4.78, 5) is 48.4. The number of hydrogen-bond acceptors (Lipinski definition) is 9. The Morgan fingerprint density at radius 3 is 1.19 bits per heavy atom. The molecule has 0 aromatic heterocycles. The van der Waals surface area contributed by atoms with Crippen LogP contribution in [0.5, 0.6) is 0 Å². The third-order valence-corrected chi connectivity index (χ3v) is 11.0. The monoisotopic (exact) mass is 788 g/mol. The van der Waals surface area contributed by atoms with E-state index in [0.29, 0.717) is 6.42 Å². The molecule has 54 heavy (non-hydrogen) atoms. The number of carbonyl (C=O) groups is 3. The number of hydrogen-bond donors (Lipinski definition) is 0. The second-order valence-electron chi connectivity index (χ2n) is 15.6. The molecule has 0 heterocycles. The molecule has 0 aromatic rings. The zero-order chi connectivity index (χ0) is 39.8. The summed E-state index contributed by atoms with van der Waals surface area (Å²) in [5.74, 6) is -0.939. The van der Waals surface area contributed by atoms with E-state index in [0.717, 1.165) is 38.5 Å². The second-order valence-corrected chi connectivity index (χ2v) is 17.0. The van der Waals surface area contributed by atoms with Crippen LogP contribution in [-0.2, 0) is 37.5 Å². The highest BCUT2D eigenvalue weighted by molar-refractivity contribution is 7.45. The summed E-state index contributed by atoms with van der Waals surface area (Å²) in [5, 5.41) is 0. The Morgan fingerprint density at radius 2 is 0.815 bits per heavy atom. The number of carbonyl (C=O) groups excluding carboxylic acids is 3. The quantitative estimate of drug-likeness (QED) is 0.0337. The summed E-state index contributed by atoms with van der Waals surface area (Å²) in [6.45, 7) is 4.96. The first kappa shape index (κ1) is 52.7. The van der Waals surface area contributed by atoms with E-state index < -0.39 is 32.5 Å². The predicted octanol–water partition coefficient (Wildman–Crippen LogP) is 12.8. The van der Waals surface area contributed by atoms with Crippen molar-refractivity contribution < 1.29 is 42.4 Å². The Labute approximate surface area is 332 Å². The van der Waals surface area contributed by atoms with E-state index in [9.17, 15) is 23.8 Å². The van der Waals surface area contributed by atoms with Gasteiger partial charge in [-0.25, -0.2) is 0 Å². The van der Waals surface area contributed by atoms with Gasteiger partial charge in [-0.15, -0.1) is 0 Å². The molecule has 0 rings (SSSR count). The highest BCUT2D eigenvalue weighted by atomic mass is 31.2. The molecule has 0 spiro atoms. The van der Waals surface area contributed by atoms with Crippen LogP contribution < -0.4 is 4.89 Å². The fraction of sp³-hybridized carbons (Fsp3) is 0.932. The minimum absolute atomic E-state index is 0.0625. The van der Waals surface area contributed by atoms with Gasteiger partial charge >= 0.3 is 11.9 Å². The van der Waals surface area contributed by atoms with Crippen molar-refractivity contribution in [3.63, 3.8) is 0 Å². The minimum atomic E-state index is -4.69. The molecular weight excluding hydrogens is 703 g/mol. The molecule has 0 aliphatic heterocycles. The number of ether oxygens (including phenoxy) is 2. The van der Waals surface area contributed by atoms with Crippen molar-refractivity contribution in [1.29, 1.82) is 0 Å². The number of esters is 2. The second kappa shape index (κ2) is 39.9. The van der Waals surface area contributed by atoms with Crippen molar-refractivity contribution in [3.05, 3.63) is 0 Å². The molecule has 0 radical (unpaired) electrons. The molecule has 0 N–H and O–H groups in total. The third-order valence-electron chi connectivity index (χ3n) is 10.0. The van der Waals surface area contributed by atoms with Gasteiger partial charge in [0.1, 0.15) is 12.4 Å². The molecule has 0 saturated carbocycles. The Bertz CT molecular complexity index is 912. The van der Waals surface area contributed by atoms with Gasteiger partial charge in [-0.05, 0) is 26.2 Å². The fourth-order valence-electron chi connectivity index (χ4n) is 6.61. The summed E-state index contributed by atoms with van der Waals surface area (Å²) < 4.78 is 32.9. The van der Waals surface area contributed by atoms with E-state index >= 15 is 0 Å². The van der Waals surface area contributed by atoms with Crippen LogP contribution >= 0.6 is 7.82 Å². The Kier molecular flexibility index (Phi) is 39.0. The number of ketones is 1. The molecule has 1 unspecified atom stereocenters. The lowest BCUT2D eigenvalue weighted by Gasteiger charge is -2.25. The van der Waals surface area contributed by atoms with Crippen molar-refractivity contribution >= 4 is 25.5 Å². The molecule has 0 aliphatic rings. The van der Waals surface area contributed by atoms with E-state index in [-0.39, 0.29) is 44.7 Å². The summed E-state index contributed by atoms with van der Waals surface area (Å²) in [5.41, 5.74) is 0. The predicted molar refractivity (Wildman–Crippen MR) is 219 cm³/mol. The van der Waals surface area contributed by atoms with Crippen LogP contribution in [0.1, 0.15) is 239 Å². The average molecular weight is 788 g/mol. The van der Waals surface area contributed by atoms with Crippen LogP contribution in [0.15, 0.2) is 0 Å². The zero-order valence-electron chi connectivity index (χ0n) is 35.4. The van der Waals surface area contributed by atoms with Crippen molar-refractivity contribution in [1.82, 2.24) is 0 Å². The summed E-state index contributed by atoms with van der Waals surface area (Å²) in [6, 6.07) is 0. The molecule has 0 fully saturated rings. The maximum Gasteiger partial charge on any atom is 0.306 e. The lowest BCUT2D eigenvalue weighted by atomic mass is 10.0. The first-order chi connectivity index (χ1) is 26.2. The zero-order valence-corrected chi connectivity index (χ0v) is 36.3. The van der Waals surface area contributed by atoms with Gasteiger partial charge in [-0.3, -0.25) is 14.2 Å². The van der Waals surface area contributed by atoms with Crippen molar-refractivity contribution in [2.75, 3.05) is 19.8 Å². The summed E-state index contributed by atoms with van der Waals surface area (Å²) in [6.07, 6.45) is 36.9. The maximum absolute atomic E-state index is 12.6. The Hall–Kier alpha value is -1.28. The number of phosphoric ester groups is 1. The Morgan fingerprint density at radius 1 is 0.463 bits per heavy atom. The molecular formula is C44H84O9P-. The van der Waals surface area contributed by atoms with E-state index in [1.807, 2.05) is 0 Å². The van der Waals surface area contributed by atoms with Gasteiger partial charge in [0.05, 0.1) is 13.2 Å². The maximum atomic E-state index is 12.6. The van der Waals surface area contributed by atoms with Crippen LogP contribution in [0.2, 0.25) is 0 Å². The molecule has 0 aromatic carbocycles. The fourth-order valence-corrected chi connectivity index (χ4v) is 7.39. The average Bonchev–Trinajstić information content (AvgIpc) is 3.14. The highest BCUT2D eigenvalue weighted by Gasteiger charge is 2.21. The van der Waals surface area contributed by atoms with E-state index in [1.54, 1.807) is 0 Å². The molecule has 10 heteroatoms. The number of rotatable bonds is 43. The Balaban J connectivity index is 4.28. The van der Waals surface area contributed by atoms with Crippen LogP contribution in [0.25, 0.3) is 0 Å². The van der Waals surface area contributed by atoms with Crippen molar-refractivity contribution in [2.45, 2.75) is 245 Å². The smallest absolute Gasteiger partial charge is 0.306 e. The SMILES string of the molecule is CCCCCCCCCCCCCCCCCC(=O)OC[C@H](COP(=O)([O-])OCCCC(C)=O)OC(=O)CCCCCCCCCCCCCCCCC. The first-order valence-electron chi connectivity index (χ1n) is 22.6. The van der Waals surface area contributed by atoms with Gasteiger partial charge in [0.15, 0.2) is 6.10 Å². The van der Waals surface area contributed by atoms with E-state index in [4.69, 9.17) is 18.5 Å². The largest absolute Gasteiger partial charge is 0.756 e. The van der Waals surface area contributed by atoms with Crippen LogP contribution in [-0.4, -0.2) is 43.6 Å². The minimum Gasteiger partial charge on any atom is -0.756 e. The highest BCUT2D eigenvalue weighted by Crippen LogP contribution is 2.38. The van der Waals surface area contributed by atoms with Crippen LogP contribution in [0.4, 0.5) is 0 Å². The van der Waals surface area contributed by atoms with E-state index in [1.165, 1.54) is 155 Å². The van der Waals surface area contributed by atoms with Gasteiger partial charge < -0.3 is 28.2 Å².